The molecule has 0 aliphatic rings. The molecule has 0 aliphatic heterocycles. The monoisotopic (exact) mass is 554 g/mol. The van der Waals surface area contributed by atoms with Gasteiger partial charge in [-0.3, -0.25) is 13.7 Å². The standard InChI is InChI=1S/C15H22O16S3/c1-26-15(16)13-8-11(4-5-14(13)27-6-2-3-7-29-32(17,18)19)28-9-12(31-34(23,24)25)10-30-33(20,21)22/h4-5,8,12H,2-3,6-7,9-10H2,1H3,(H,17,18,19)(H,20,21,22)(H,23,24,25). The molecule has 1 rings (SSSR count). The van der Waals surface area contributed by atoms with Crippen LogP contribution in [-0.2, 0) is 48.5 Å². The van der Waals surface area contributed by atoms with Crippen LogP contribution in [0.4, 0.5) is 0 Å². The molecule has 196 valence electrons. The zero-order valence-corrected chi connectivity index (χ0v) is 19.9. The number of benzene rings is 1. The van der Waals surface area contributed by atoms with Gasteiger partial charge in [-0.2, -0.15) is 25.3 Å². The van der Waals surface area contributed by atoms with E-state index in [1.54, 1.807) is 0 Å². The molecule has 0 aliphatic carbocycles. The van der Waals surface area contributed by atoms with E-state index < -0.39 is 56.5 Å². The summed E-state index contributed by atoms with van der Waals surface area (Å²) in [6.45, 7) is -2.00. The summed E-state index contributed by atoms with van der Waals surface area (Å²) in [5, 5.41) is 0. The lowest BCUT2D eigenvalue weighted by atomic mass is 10.2. The van der Waals surface area contributed by atoms with Gasteiger partial charge in [0.1, 0.15) is 29.8 Å². The van der Waals surface area contributed by atoms with Crippen LogP contribution in [0, 0.1) is 0 Å². The maximum atomic E-state index is 12.0. The van der Waals surface area contributed by atoms with Crippen molar-refractivity contribution in [2.24, 2.45) is 0 Å². The van der Waals surface area contributed by atoms with Gasteiger partial charge in [0.25, 0.3) is 0 Å². The molecule has 0 radical (unpaired) electrons. The van der Waals surface area contributed by atoms with Crippen LogP contribution in [0.15, 0.2) is 18.2 Å². The van der Waals surface area contributed by atoms with Crippen LogP contribution in [0.3, 0.4) is 0 Å². The second kappa shape index (κ2) is 13.1. The average molecular weight is 555 g/mol. The number of carbonyl (C=O) groups excluding carboxylic acids is 1. The smallest absolute Gasteiger partial charge is 0.397 e. The fourth-order valence-electron chi connectivity index (χ4n) is 2.17. The molecule has 34 heavy (non-hydrogen) atoms. The van der Waals surface area contributed by atoms with E-state index >= 15 is 0 Å². The quantitative estimate of drug-likeness (QED) is 0.137. The molecule has 16 nitrogen and oxygen atoms in total. The third-order valence-electron chi connectivity index (χ3n) is 3.48. The molecular weight excluding hydrogens is 532 g/mol. The van der Waals surface area contributed by atoms with Crippen LogP contribution >= 0.6 is 0 Å². The number of esters is 1. The molecule has 0 aromatic heterocycles. The first-order chi connectivity index (χ1) is 15.6. The Morgan fingerprint density at radius 2 is 1.47 bits per heavy atom. The van der Waals surface area contributed by atoms with Gasteiger partial charge < -0.3 is 14.2 Å². The first-order valence-electron chi connectivity index (χ1n) is 8.97. The van der Waals surface area contributed by atoms with E-state index in [4.69, 9.17) is 23.1 Å². The number of unbranched alkanes of at least 4 members (excludes halogenated alkanes) is 1. The zero-order chi connectivity index (χ0) is 26.0. The van der Waals surface area contributed by atoms with Crippen molar-refractivity contribution in [3.05, 3.63) is 23.8 Å². The second-order valence-corrected chi connectivity index (χ2v) is 9.35. The summed E-state index contributed by atoms with van der Waals surface area (Å²) in [4.78, 5) is 12.0. The summed E-state index contributed by atoms with van der Waals surface area (Å²) in [7, 11) is -13.4. The van der Waals surface area contributed by atoms with E-state index in [-0.39, 0.29) is 43.1 Å². The molecule has 1 aromatic carbocycles. The Morgan fingerprint density at radius 1 is 0.853 bits per heavy atom. The van der Waals surface area contributed by atoms with E-state index in [0.717, 1.165) is 13.2 Å². The Bertz CT molecular complexity index is 1130. The van der Waals surface area contributed by atoms with Crippen molar-refractivity contribution in [3.8, 4) is 11.5 Å². The van der Waals surface area contributed by atoms with Crippen LogP contribution < -0.4 is 9.47 Å². The van der Waals surface area contributed by atoms with Gasteiger partial charge in [-0.1, -0.05) is 0 Å². The van der Waals surface area contributed by atoms with E-state index in [2.05, 4.69) is 17.3 Å². The molecule has 0 saturated carbocycles. The second-order valence-electron chi connectivity index (χ2n) is 6.12. The summed E-state index contributed by atoms with van der Waals surface area (Å²) >= 11 is 0. The Morgan fingerprint density at radius 3 is 2.03 bits per heavy atom. The van der Waals surface area contributed by atoms with Crippen molar-refractivity contribution in [3.63, 3.8) is 0 Å². The molecule has 1 atom stereocenters. The number of hydrogen-bond donors (Lipinski definition) is 3. The summed E-state index contributed by atoms with van der Waals surface area (Å²) in [6.07, 6.45) is -1.22. The highest BCUT2D eigenvalue weighted by atomic mass is 32.3. The van der Waals surface area contributed by atoms with Crippen LogP contribution in [0.1, 0.15) is 23.2 Å². The van der Waals surface area contributed by atoms with Gasteiger partial charge in [0, 0.05) is 0 Å². The summed E-state index contributed by atoms with van der Waals surface area (Å²) in [6, 6.07) is 3.73. The Hall–Kier alpha value is -2.10. The lowest BCUT2D eigenvalue weighted by Crippen LogP contribution is -2.30. The van der Waals surface area contributed by atoms with E-state index in [1.807, 2.05) is 0 Å². The summed E-state index contributed by atoms with van der Waals surface area (Å²) in [5.74, 6) is -0.837. The average Bonchev–Trinajstić information content (AvgIpc) is 2.70. The molecular formula is C15H22O16S3. The Kier molecular flexibility index (Phi) is 11.5. The third-order valence-corrected chi connectivity index (χ3v) is 4.90. The van der Waals surface area contributed by atoms with Gasteiger partial charge >= 0.3 is 37.2 Å². The first kappa shape index (κ1) is 29.9. The number of ether oxygens (including phenoxy) is 3. The minimum Gasteiger partial charge on any atom is -0.493 e. The zero-order valence-electron chi connectivity index (χ0n) is 17.4. The molecule has 0 amide bonds. The largest absolute Gasteiger partial charge is 0.493 e. The summed E-state index contributed by atoms with van der Waals surface area (Å²) < 4.78 is 118. The van der Waals surface area contributed by atoms with E-state index in [9.17, 15) is 30.0 Å². The number of carbonyl (C=O) groups is 1. The highest BCUT2D eigenvalue weighted by Gasteiger charge is 2.22. The topological polar surface area (TPSA) is 236 Å². The first-order valence-corrected chi connectivity index (χ1v) is 13.1. The minimum atomic E-state index is -5.04. The van der Waals surface area contributed by atoms with Crippen molar-refractivity contribution < 1.29 is 70.5 Å². The Labute approximate surface area is 195 Å². The van der Waals surface area contributed by atoms with Gasteiger partial charge in [-0.05, 0) is 31.0 Å². The molecule has 0 bridgehead atoms. The fourth-order valence-corrected chi connectivity index (χ4v) is 3.28. The van der Waals surface area contributed by atoms with E-state index in [1.165, 1.54) is 12.1 Å². The molecule has 0 spiro atoms. The van der Waals surface area contributed by atoms with Gasteiger partial charge in [-0.15, -0.1) is 0 Å². The number of rotatable bonds is 16. The normalized spacial score (nSPS) is 13.3. The maximum absolute atomic E-state index is 12.0. The molecule has 0 saturated heterocycles. The highest BCUT2D eigenvalue weighted by Crippen LogP contribution is 2.26. The van der Waals surface area contributed by atoms with Crippen molar-refractivity contribution in [2.45, 2.75) is 18.9 Å². The van der Waals surface area contributed by atoms with Crippen LogP contribution in [0.2, 0.25) is 0 Å². The number of methoxy groups -OCH3 is 1. The van der Waals surface area contributed by atoms with Crippen molar-refractivity contribution in [2.75, 3.05) is 33.5 Å². The highest BCUT2D eigenvalue weighted by molar-refractivity contribution is 7.81. The molecule has 0 heterocycles. The van der Waals surface area contributed by atoms with Crippen molar-refractivity contribution >= 4 is 37.2 Å². The van der Waals surface area contributed by atoms with Crippen LogP contribution in [0.25, 0.3) is 0 Å². The van der Waals surface area contributed by atoms with E-state index in [0.29, 0.717) is 0 Å². The molecule has 19 heteroatoms. The molecule has 1 aromatic rings. The Balaban J connectivity index is 2.82. The predicted octanol–water partition coefficient (Wildman–Crippen LogP) is -0.162. The molecule has 1 unspecified atom stereocenters. The van der Waals surface area contributed by atoms with Crippen LogP contribution in [0.5, 0.6) is 11.5 Å². The van der Waals surface area contributed by atoms with Crippen molar-refractivity contribution in [1.82, 2.24) is 0 Å². The lowest BCUT2D eigenvalue weighted by Gasteiger charge is -2.17. The number of hydrogen-bond acceptors (Lipinski definition) is 13. The molecule has 0 fully saturated rings. The van der Waals surface area contributed by atoms with Crippen LogP contribution in [-0.4, -0.2) is 84.5 Å². The van der Waals surface area contributed by atoms with Crippen molar-refractivity contribution in [1.29, 1.82) is 0 Å². The minimum absolute atomic E-state index is 0.0241. The predicted molar refractivity (Wildman–Crippen MR) is 109 cm³/mol. The lowest BCUT2D eigenvalue weighted by molar-refractivity contribution is 0.0593. The van der Waals surface area contributed by atoms with Gasteiger partial charge in [0.2, 0.25) is 0 Å². The molecule has 3 N–H and O–H groups in total. The fraction of sp³-hybridized carbons (Fsp3) is 0.533. The maximum Gasteiger partial charge on any atom is 0.397 e. The SMILES string of the molecule is COC(=O)c1cc(OCC(COS(=O)(=O)O)OS(=O)(=O)O)ccc1OCCCCOS(=O)(=O)O. The third kappa shape index (κ3) is 13.6. The summed E-state index contributed by atoms with van der Waals surface area (Å²) in [5.41, 5.74) is -0.115. The van der Waals surface area contributed by atoms with Gasteiger partial charge in [-0.25, -0.2) is 17.3 Å². The van der Waals surface area contributed by atoms with Gasteiger partial charge in [0.15, 0.2) is 0 Å². The van der Waals surface area contributed by atoms with Gasteiger partial charge in [0.05, 0.1) is 26.9 Å².